The van der Waals surface area contributed by atoms with Crippen molar-refractivity contribution >= 4 is 69.1 Å². The fourth-order valence-corrected chi connectivity index (χ4v) is 10.2. The topological polar surface area (TPSA) is 94.1 Å². The van der Waals surface area contributed by atoms with Gasteiger partial charge in [0.05, 0.1) is 26.7 Å². The first-order valence-corrected chi connectivity index (χ1v) is 17.8. The van der Waals surface area contributed by atoms with E-state index in [1.165, 1.54) is 34.8 Å². The van der Waals surface area contributed by atoms with Crippen LogP contribution < -0.4 is 0 Å². The van der Waals surface area contributed by atoms with Gasteiger partial charge in [-0.3, -0.25) is 19.2 Å². The maximum Gasteiger partial charge on any atom is 0.416 e. The predicted molar refractivity (Wildman–Crippen MR) is 190 cm³/mol. The molecule has 252 valence electrons. The molecular formula is C40H25F3N2O4S2. The van der Waals surface area contributed by atoms with Gasteiger partial charge in [-0.05, 0) is 82.8 Å². The number of Topliss-reactive ketones (excluding diaryl/α,β-unsaturated/α-hetero) is 4. The Morgan fingerprint density at radius 1 is 0.588 bits per heavy atom. The fraction of sp³-hybridized carbons (Fsp3) is 0.200. The maximum atomic E-state index is 13.3. The van der Waals surface area contributed by atoms with Crippen LogP contribution in [0.25, 0.3) is 44.2 Å². The first-order chi connectivity index (χ1) is 24.0. The number of alkyl halides is 3. The van der Waals surface area contributed by atoms with Crippen LogP contribution in [-0.2, 0) is 26.6 Å². The minimum atomic E-state index is -4.64. The summed E-state index contributed by atoms with van der Waals surface area (Å²) < 4.78 is 40.0. The van der Waals surface area contributed by atoms with Gasteiger partial charge in [-0.15, -0.1) is 22.7 Å². The van der Waals surface area contributed by atoms with Crippen LogP contribution in [0.2, 0.25) is 0 Å². The van der Waals surface area contributed by atoms with Gasteiger partial charge >= 0.3 is 6.18 Å². The van der Waals surface area contributed by atoms with Crippen molar-refractivity contribution in [2.45, 2.75) is 51.6 Å². The third kappa shape index (κ3) is 4.28. The van der Waals surface area contributed by atoms with Gasteiger partial charge in [0, 0.05) is 33.1 Å². The van der Waals surface area contributed by atoms with E-state index in [2.05, 4.69) is 39.8 Å². The minimum Gasteiger partial charge on any atom is -0.285 e. The number of aryl methyl sites for hydroxylation is 1. The summed E-state index contributed by atoms with van der Waals surface area (Å²) in [6.07, 6.45) is -1.40. The second-order valence-electron chi connectivity index (χ2n) is 14.4. The van der Waals surface area contributed by atoms with Crippen LogP contribution in [0.1, 0.15) is 103 Å². The number of benzene rings is 3. The molecule has 4 aliphatic carbocycles. The van der Waals surface area contributed by atoms with Gasteiger partial charge in [0.25, 0.3) is 0 Å². The van der Waals surface area contributed by atoms with Gasteiger partial charge in [-0.25, -0.2) is 9.97 Å². The SMILES string of the molecule is Cc1ccc2c(c1)C(=O)C(=O)/C2=C\c1nc2c(s1)-c1cc3c(cc1C2(C)C)-c1sc(/C=C2\C(=O)C(=O)c4cc(C(F)(F)F)ccc42)nc1C3(C)C. The first-order valence-electron chi connectivity index (χ1n) is 16.1. The third-order valence-corrected chi connectivity index (χ3v) is 12.6. The number of carbonyl (C=O) groups excluding carboxylic acids is 4. The van der Waals surface area contributed by atoms with Crippen molar-refractivity contribution in [3.8, 4) is 20.9 Å². The molecule has 0 spiro atoms. The van der Waals surface area contributed by atoms with Crippen LogP contribution in [0, 0.1) is 6.92 Å². The van der Waals surface area contributed by atoms with E-state index in [4.69, 9.17) is 9.97 Å². The Morgan fingerprint density at radius 2 is 1.04 bits per heavy atom. The number of allylic oxidation sites excluding steroid dienone is 2. The molecule has 5 aromatic rings. The van der Waals surface area contributed by atoms with E-state index in [1.54, 1.807) is 12.1 Å². The summed E-state index contributed by atoms with van der Waals surface area (Å²) in [5, 5.41) is 1.13. The van der Waals surface area contributed by atoms with Crippen LogP contribution in [0.3, 0.4) is 0 Å². The Kier molecular flexibility index (Phi) is 6.25. The highest BCUT2D eigenvalue weighted by molar-refractivity contribution is 7.17. The third-order valence-electron chi connectivity index (χ3n) is 10.5. The average Bonchev–Trinajstić information content (AvgIpc) is 3.87. The van der Waals surface area contributed by atoms with E-state index in [9.17, 15) is 32.3 Å². The molecule has 3 aromatic carbocycles. The minimum absolute atomic E-state index is 0.0350. The van der Waals surface area contributed by atoms with Crippen molar-refractivity contribution in [2.24, 2.45) is 0 Å². The van der Waals surface area contributed by atoms with Crippen molar-refractivity contribution in [1.29, 1.82) is 0 Å². The zero-order valence-electron chi connectivity index (χ0n) is 27.8. The molecule has 0 aliphatic heterocycles. The van der Waals surface area contributed by atoms with Crippen molar-refractivity contribution in [3.63, 3.8) is 0 Å². The lowest BCUT2D eigenvalue weighted by molar-refractivity contribution is -0.137. The molecule has 0 amide bonds. The van der Waals surface area contributed by atoms with Crippen LogP contribution >= 0.6 is 22.7 Å². The smallest absolute Gasteiger partial charge is 0.285 e. The highest BCUT2D eigenvalue weighted by atomic mass is 32.1. The highest BCUT2D eigenvalue weighted by Crippen LogP contribution is 2.58. The fourth-order valence-electron chi connectivity index (χ4n) is 7.77. The van der Waals surface area contributed by atoms with Crippen LogP contribution in [0.15, 0.2) is 48.5 Å². The molecule has 11 heteroatoms. The summed E-state index contributed by atoms with van der Waals surface area (Å²) in [6.45, 7) is 10.2. The molecule has 9 rings (SSSR count). The van der Waals surface area contributed by atoms with E-state index in [0.29, 0.717) is 26.7 Å². The van der Waals surface area contributed by atoms with Gasteiger partial charge in [0.15, 0.2) is 0 Å². The molecule has 0 N–H and O–H groups in total. The number of ketones is 4. The zero-order chi connectivity index (χ0) is 36.1. The summed E-state index contributed by atoms with van der Waals surface area (Å²) in [7, 11) is 0. The number of hydrogen-bond donors (Lipinski definition) is 0. The Bertz CT molecular complexity index is 2620. The van der Waals surface area contributed by atoms with Crippen molar-refractivity contribution < 1.29 is 32.3 Å². The molecule has 0 fully saturated rings. The quantitative estimate of drug-likeness (QED) is 0.134. The molecule has 0 saturated carbocycles. The summed E-state index contributed by atoms with van der Waals surface area (Å²) in [5.41, 5.74) is 6.21. The summed E-state index contributed by atoms with van der Waals surface area (Å²) in [4.78, 5) is 63.3. The van der Waals surface area contributed by atoms with Gasteiger partial charge in [0.2, 0.25) is 23.1 Å². The molecule has 0 saturated heterocycles. The largest absolute Gasteiger partial charge is 0.416 e. The number of thiazole rings is 2. The average molecular weight is 719 g/mol. The number of halogens is 3. The molecule has 6 nitrogen and oxygen atoms in total. The second kappa shape index (κ2) is 10.0. The lowest BCUT2D eigenvalue weighted by Crippen LogP contribution is -2.18. The number of nitrogens with zero attached hydrogens (tertiary/aromatic N) is 2. The number of aromatic nitrogens is 2. The van der Waals surface area contributed by atoms with Gasteiger partial charge in [-0.2, -0.15) is 13.2 Å². The summed E-state index contributed by atoms with van der Waals surface area (Å²) in [5.74, 6) is -2.84. The molecule has 0 atom stereocenters. The summed E-state index contributed by atoms with van der Waals surface area (Å²) >= 11 is 2.87. The molecule has 0 unspecified atom stereocenters. The van der Waals surface area contributed by atoms with Crippen LogP contribution in [0.5, 0.6) is 0 Å². The van der Waals surface area contributed by atoms with E-state index in [0.717, 1.165) is 61.1 Å². The van der Waals surface area contributed by atoms with Gasteiger partial charge in [0.1, 0.15) is 10.0 Å². The van der Waals surface area contributed by atoms with Gasteiger partial charge in [-0.1, -0.05) is 51.5 Å². The number of rotatable bonds is 2. The normalized spacial score (nSPS) is 19.1. The van der Waals surface area contributed by atoms with E-state index >= 15 is 0 Å². The highest BCUT2D eigenvalue weighted by Gasteiger charge is 2.46. The second-order valence-corrected chi connectivity index (χ2v) is 16.5. The van der Waals surface area contributed by atoms with Crippen molar-refractivity contribution in [3.05, 3.63) is 114 Å². The Morgan fingerprint density at radius 3 is 1.51 bits per heavy atom. The number of carbonyl (C=O) groups is 4. The van der Waals surface area contributed by atoms with Crippen LogP contribution in [0.4, 0.5) is 13.2 Å². The van der Waals surface area contributed by atoms with E-state index in [-0.39, 0.29) is 16.7 Å². The molecule has 2 heterocycles. The van der Waals surface area contributed by atoms with Crippen molar-refractivity contribution in [1.82, 2.24) is 9.97 Å². The first kappa shape index (κ1) is 31.8. The molecular weight excluding hydrogens is 694 g/mol. The monoisotopic (exact) mass is 718 g/mol. The predicted octanol–water partition coefficient (Wildman–Crippen LogP) is 9.15. The molecule has 2 aromatic heterocycles. The Balaban J connectivity index is 1.11. The number of fused-ring (bicyclic) bond motifs is 8. The van der Waals surface area contributed by atoms with Crippen LogP contribution in [-0.4, -0.2) is 33.1 Å². The van der Waals surface area contributed by atoms with Gasteiger partial charge < -0.3 is 0 Å². The van der Waals surface area contributed by atoms with Crippen molar-refractivity contribution in [2.75, 3.05) is 0 Å². The molecule has 51 heavy (non-hydrogen) atoms. The molecule has 0 radical (unpaired) electrons. The summed E-state index contributed by atoms with van der Waals surface area (Å²) in [6, 6.07) is 12.6. The van der Waals surface area contributed by atoms with E-state index in [1.807, 2.05) is 19.1 Å². The Labute approximate surface area is 297 Å². The number of hydrogen-bond acceptors (Lipinski definition) is 8. The molecule has 4 aliphatic rings. The molecule has 0 bridgehead atoms. The standard InChI is InChI=1S/C40H25F3N2O4S2/c1-16-6-8-18-20(10-16)30(46)32(48)22(18)14-28-44-36-34(50-28)24-12-27-25(13-26(24)38(36,2)3)35-37(39(27,4)5)45-29(51-35)15-23-19-9-7-17(40(41,42)43)11-21(19)31(47)33(23)49/h6-15H,1-5H3/b22-14-,23-15-. The maximum absolute atomic E-state index is 13.3. The van der Waals surface area contributed by atoms with E-state index < -0.39 is 45.7 Å². The Hall–Kier alpha value is -5.13. The lowest BCUT2D eigenvalue weighted by Gasteiger charge is -2.23. The zero-order valence-corrected chi connectivity index (χ0v) is 29.4. The lowest BCUT2D eigenvalue weighted by atomic mass is 9.81.